The molecule has 0 saturated carbocycles. The van der Waals surface area contributed by atoms with Crippen molar-refractivity contribution in [2.45, 2.75) is 19.3 Å². The molecule has 4 heteroatoms. The maximum Gasteiger partial charge on any atom is 0.253 e. The second-order valence-electron chi connectivity index (χ2n) is 5.62. The molecular weight excluding hydrogens is 264 g/mol. The molecule has 2 heterocycles. The molecule has 1 aromatic rings. The van der Waals surface area contributed by atoms with Crippen molar-refractivity contribution in [2.24, 2.45) is 5.92 Å². The number of hydrogen-bond donors (Lipinski definition) is 0. The fraction of sp³-hybridized carbons (Fsp3) is 0.412. The van der Waals surface area contributed by atoms with Crippen LogP contribution in [0.2, 0.25) is 0 Å². The number of terminal acetylenes is 1. The van der Waals surface area contributed by atoms with Crippen LogP contribution in [0.4, 0.5) is 5.69 Å². The van der Waals surface area contributed by atoms with Gasteiger partial charge in [-0.15, -0.1) is 12.3 Å². The van der Waals surface area contributed by atoms with Gasteiger partial charge in [0.1, 0.15) is 0 Å². The molecule has 3 rings (SSSR count). The maximum absolute atomic E-state index is 12.3. The van der Waals surface area contributed by atoms with Gasteiger partial charge in [-0.05, 0) is 37.1 Å². The van der Waals surface area contributed by atoms with Crippen molar-refractivity contribution < 1.29 is 9.59 Å². The Hall–Kier alpha value is -2.28. The van der Waals surface area contributed by atoms with Crippen LogP contribution in [0.15, 0.2) is 24.3 Å². The molecule has 0 N–H and O–H groups in total. The minimum absolute atomic E-state index is 0.0107. The van der Waals surface area contributed by atoms with E-state index in [0.29, 0.717) is 18.5 Å². The van der Waals surface area contributed by atoms with Crippen LogP contribution in [-0.4, -0.2) is 36.3 Å². The summed E-state index contributed by atoms with van der Waals surface area (Å²) in [4.78, 5) is 27.8. The average Bonchev–Trinajstić information content (AvgIpc) is 3.16. The van der Waals surface area contributed by atoms with Crippen LogP contribution in [0, 0.1) is 18.3 Å². The first-order valence-electron chi connectivity index (χ1n) is 7.35. The molecule has 2 saturated heterocycles. The number of hydrogen-bond acceptors (Lipinski definition) is 2. The highest BCUT2D eigenvalue weighted by atomic mass is 16.2. The van der Waals surface area contributed by atoms with Gasteiger partial charge < -0.3 is 9.80 Å². The Labute approximate surface area is 124 Å². The summed E-state index contributed by atoms with van der Waals surface area (Å²) in [6.45, 7) is 2.25. The lowest BCUT2D eigenvalue weighted by atomic mass is 10.1. The van der Waals surface area contributed by atoms with E-state index in [2.05, 4.69) is 5.92 Å². The van der Waals surface area contributed by atoms with E-state index in [4.69, 9.17) is 6.42 Å². The zero-order valence-electron chi connectivity index (χ0n) is 11.9. The molecule has 1 aromatic carbocycles. The van der Waals surface area contributed by atoms with Crippen molar-refractivity contribution in [1.82, 2.24) is 4.90 Å². The van der Waals surface area contributed by atoms with Gasteiger partial charge in [0, 0.05) is 43.2 Å². The summed E-state index contributed by atoms with van der Waals surface area (Å²) in [5.41, 5.74) is 1.50. The smallest absolute Gasteiger partial charge is 0.253 e. The Morgan fingerprint density at radius 2 is 1.86 bits per heavy atom. The Kier molecular flexibility index (Phi) is 3.66. The van der Waals surface area contributed by atoms with Crippen LogP contribution in [0.3, 0.4) is 0 Å². The number of amides is 2. The number of likely N-dealkylation sites (tertiary alicyclic amines) is 1. The minimum atomic E-state index is -0.0107. The van der Waals surface area contributed by atoms with E-state index in [1.54, 1.807) is 17.0 Å². The van der Waals surface area contributed by atoms with Crippen molar-refractivity contribution in [3.05, 3.63) is 29.8 Å². The van der Waals surface area contributed by atoms with E-state index in [1.807, 2.05) is 17.0 Å². The van der Waals surface area contributed by atoms with Gasteiger partial charge in [-0.1, -0.05) is 0 Å². The molecule has 0 spiro atoms. The Morgan fingerprint density at radius 1 is 1.19 bits per heavy atom. The van der Waals surface area contributed by atoms with Crippen LogP contribution in [-0.2, 0) is 4.79 Å². The predicted octanol–water partition coefficient (Wildman–Crippen LogP) is 1.91. The normalized spacial score (nSPS) is 21.7. The molecule has 0 bridgehead atoms. The second kappa shape index (κ2) is 5.61. The van der Waals surface area contributed by atoms with Gasteiger partial charge in [0.05, 0.1) is 0 Å². The SMILES string of the molecule is C#CC1CC(=O)N(c2ccc(C(=O)N3CCCC3)cc2)C1. The van der Waals surface area contributed by atoms with Crippen LogP contribution >= 0.6 is 0 Å². The monoisotopic (exact) mass is 282 g/mol. The number of rotatable bonds is 2. The van der Waals surface area contributed by atoms with Gasteiger partial charge in [0.25, 0.3) is 5.91 Å². The van der Waals surface area contributed by atoms with Gasteiger partial charge in [-0.2, -0.15) is 0 Å². The van der Waals surface area contributed by atoms with Crippen LogP contribution in [0.5, 0.6) is 0 Å². The van der Waals surface area contributed by atoms with Gasteiger partial charge in [-0.3, -0.25) is 9.59 Å². The molecular formula is C17H18N2O2. The molecule has 0 aliphatic carbocycles. The third-order valence-corrected chi connectivity index (χ3v) is 4.18. The highest BCUT2D eigenvalue weighted by Gasteiger charge is 2.29. The van der Waals surface area contributed by atoms with Crippen molar-refractivity contribution in [2.75, 3.05) is 24.5 Å². The third kappa shape index (κ3) is 2.64. The topological polar surface area (TPSA) is 40.6 Å². The Bertz CT molecular complexity index is 594. The summed E-state index contributed by atoms with van der Waals surface area (Å²) in [7, 11) is 0. The van der Waals surface area contributed by atoms with Gasteiger partial charge >= 0.3 is 0 Å². The minimum Gasteiger partial charge on any atom is -0.339 e. The molecule has 2 amide bonds. The third-order valence-electron chi connectivity index (χ3n) is 4.18. The first-order valence-corrected chi connectivity index (χ1v) is 7.35. The van der Waals surface area contributed by atoms with Gasteiger partial charge in [-0.25, -0.2) is 0 Å². The van der Waals surface area contributed by atoms with E-state index >= 15 is 0 Å². The Balaban J connectivity index is 1.74. The maximum atomic E-state index is 12.3. The van der Waals surface area contributed by atoms with E-state index in [9.17, 15) is 9.59 Å². The summed E-state index contributed by atoms with van der Waals surface area (Å²) in [6, 6.07) is 7.26. The fourth-order valence-electron chi connectivity index (χ4n) is 2.96. The first-order chi connectivity index (χ1) is 10.2. The van der Waals surface area contributed by atoms with E-state index in [-0.39, 0.29) is 17.7 Å². The summed E-state index contributed by atoms with van der Waals surface area (Å²) < 4.78 is 0. The molecule has 21 heavy (non-hydrogen) atoms. The highest BCUT2D eigenvalue weighted by molar-refractivity contribution is 5.98. The number of carbonyl (C=O) groups is 2. The molecule has 0 aromatic heterocycles. The molecule has 4 nitrogen and oxygen atoms in total. The molecule has 1 atom stereocenters. The molecule has 0 radical (unpaired) electrons. The molecule has 2 fully saturated rings. The lowest BCUT2D eigenvalue weighted by Crippen LogP contribution is -2.28. The van der Waals surface area contributed by atoms with Crippen molar-refractivity contribution in [1.29, 1.82) is 0 Å². The van der Waals surface area contributed by atoms with Crippen molar-refractivity contribution in [3.63, 3.8) is 0 Å². The summed E-state index contributed by atoms with van der Waals surface area (Å²) in [5, 5.41) is 0. The van der Waals surface area contributed by atoms with E-state index in [1.165, 1.54) is 0 Å². The van der Waals surface area contributed by atoms with Crippen LogP contribution in [0.1, 0.15) is 29.6 Å². The fourth-order valence-corrected chi connectivity index (χ4v) is 2.96. The lowest BCUT2D eigenvalue weighted by molar-refractivity contribution is -0.117. The Morgan fingerprint density at radius 3 is 2.43 bits per heavy atom. The van der Waals surface area contributed by atoms with Gasteiger partial charge in [0.15, 0.2) is 0 Å². The molecule has 108 valence electrons. The molecule has 2 aliphatic rings. The average molecular weight is 282 g/mol. The van der Waals surface area contributed by atoms with Crippen molar-refractivity contribution in [3.8, 4) is 12.3 Å². The summed E-state index contributed by atoms with van der Waals surface area (Å²) in [5.74, 6) is 2.76. The van der Waals surface area contributed by atoms with Crippen LogP contribution in [0.25, 0.3) is 0 Å². The highest BCUT2D eigenvalue weighted by Crippen LogP contribution is 2.25. The number of benzene rings is 1. The summed E-state index contributed by atoms with van der Waals surface area (Å²) in [6.07, 6.45) is 7.96. The number of carbonyl (C=O) groups excluding carboxylic acids is 2. The molecule has 1 unspecified atom stereocenters. The predicted molar refractivity (Wildman–Crippen MR) is 80.9 cm³/mol. The second-order valence-corrected chi connectivity index (χ2v) is 5.62. The van der Waals surface area contributed by atoms with Crippen LogP contribution < -0.4 is 4.90 Å². The van der Waals surface area contributed by atoms with E-state index in [0.717, 1.165) is 31.6 Å². The van der Waals surface area contributed by atoms with Gasteiger partial charge in [0.2, 0.25) is 5.91 Å². The lowest BCUT2D eigenvalue weighted by Gasteiger charge is -2.18. The number of nitrogens with zero attached hydrogens (tertiary/aromatic N) is 2. The quantitative estimate of drug-likeness (QED) is 0.777. The molecule has 2 aliphatic heterocycles. The summed E-state index contributed by atoms with van der Waals surface area (Å²) >= 11 is 0. The first kappa shape index (κ1) is 13.7. The van der Waals surface area contributed by atoms with Crippen molar-refractivity contribution >= 4 is 17.5 Å². The van der Waals surface area contributed by atoms with E-state index < -0.39 is 0 Å². The zero-order valence-corrected chi connectivity index (χ0v) is 11.9. The standard InChI is InChI=1S/C17H18N2O2/c1-2-13-11-16(20)19(12-13)15-7-5-14(6-8-15)17(21)18-9-3-4-10-18/h1,5-8,13H,3-4,9-12H2. The number of anilines is 1. The largest absolute Gasteiger partial charge is 0.339 e. The zero-order chi connectivity index (χ0) is 14.8.